The van der Waals surface area contributed by atoms with Crippen LogP contribution in [-0.2, 0) is 4.79 Å². The van der Waals surface area contributed by atoms with Gasteiger partial charge in [-0.25, -0.2) is 4.79 Å². The van der Waals surface area contributed by atoms with Crippen molar-refractivity contribution in [3.8, 4) is 5.75 Å². The molecule has 1 saturated carbocycles. The lowest BCUT2D eigenvalue weighted by Gasteiger charge is -2.21. The molecule has 124 valence electrons. The SMILES string of the molecule is Cc1ccc(OCC(O)CN2C(=O)NC3(CCCC3)C2=O)cc1. The summed E-state index contributed by atoms with van der Waals surface area (Å²) in [6.45, 7) is 1.97. The second kappa shape index (κ2) is 6.20. The predicted octanol–water partition coefficient (Wildman–Crippen LogP) is 1.60. The van der Waals surface area contributed by atoms with Crippen molar-refractivity contribution in [2.24, 2.45) is 0 Å². The number of rotatable bonds is 5. The van der Waals surface area contributed by atoms with Crippen LogP contribution in [0.1, 0.15) is 31.2 Å². The third-order valence-electron chi connectivity index (χ3n) is 4.56. The Kier molecular flexibility index (Phi) is 4.26. The van der Waals surface area contributed by atoms with Gasteiger partial charge in [0.05, 0.1) is 6.54 Å². The van der Waals surface area contributed by atoms with Gasteiger partial charge in [-0.05, 0) is 31.9 Å². The van der Waals surface area contributed by atoms with E-state index in [9.17, 15) is 14.7 Å². The van der Waals surface area contributed by atoms with E-state index >= 15 is 0 Å². The summed E-state index contributed by atoms with van der Waals surface area (Å²) in [5.41, 5.74) is 0.397. The molecule has 1 aromatic carbocycles. The van der Waals surface area contributed by atoms with Gasteiger partial charge in [0.1, 0.15) is 24.0 Å². The zero-order valence-electron chi connectivity index (χ0n) is 13.2. The number of urea groups is 1. The van der Waals surface area contributed by atoms with Crippen molar-refractivity contribution in [3.63, 3.8) is 0 Å². The third-order valence-corrected chi connectivity index (χ3v) is 4.56. The van der Waals surface area contributed by atoms with Crippen LogP contribution >= 0.6 is 0 Å². The molecular formula is C17H22N2O4. The number of β-amino-alcohol motifs (C(OH)–C–C–N with tert-alkyl or cyclic N) is 1. The number of imide groups is 1. The number of aliphatic hydroxyl groups is 1. The van der Waals surface area contributed by atoms with Crippen LogP contribution in [0.15, 0.2) is 24.3 Å². The second-order valence-corrected chi connectivity index (χ2v) is 6.41. The molecule has 1 aliphatic carbocycles. The van der Waals surface area contributed by atoms with Crippen molar-refractivity contribution < 1.29 is 19.4 Å². The molecule has 2 aliphatic rings. The van der Waals surface area contributed by atoms with Gasteiger partial charge < -0.3 is 15.2 Å². The molecule has 0 radical (unpaired) electrons. The molecule has 1 heterocycles. The number of benzene rings is 1. The first-order valence-electron chi connectivity index (χ1n) is 8.02. The zero-order chi connectivity index (χ0) is 16.4. The van der Waals surface area contributed by atoms with E-state index in [4.69, 9.17) is 4.74 Å². The van der Waals surface area contributed by atoms with Crippen molar-refractivity contribution >= 4 is 11.9 Å². The van der Waals surface area contributed by atoms with Crippen molar-refractivity contribution in [1.82, 2.24) is 10.2 Å². The van der Waals surface area contributed by atoms with E-state index in [0.717, 1.165) is 23.3 Å². The van der Waals surface area contributed by atoms with E-state index < -0.39 is 17.7 Å². The molecule has 0 bridgehead atoms. The molecule has 3 rings (SSSR count). The van der Waals surface area contributed by atoms with Crippen LogP contribution < -0.4 is 10.1 Å². The molecule has 1 spiro atoms. The van der Waals surface area contributed by atoms with Crippen LogP contribution in [0.5, 0.6) is 5.75 Å². The van der Waals surface area contributed by atoms with E-state index in [-0.39, 0.29) is 19.1 Å². The third kappa shape index (κ3) is 3.17. The molecule has 1 saturated heterocycles. The smallest absolute Gasteiger partial charge is 0.325 e. The number of aryl methyl sites for hydroxylation is 1. The highest BCUT2D eigenvalue weighted by molar-refractivity contribution is 6.07. The lowest BCUT2D eigenvalue weighted by atomic mass is 9.98. The summed E-state index contributed by atoms with van der Waals surface area (Å²) >= 11 is 0. The number of ether oxygens (including phenoxy) is 1. The van der Waals surface area contributed by atoms with E-state index in [2.05, 4.69) is 5.32 Å². The summed E-state index contributed by atoms with van der Waals surface area (Å²) < 4.78 is 5.50. The number of hydrogen-bond acceptors (Lipinski definition) is 4. The molecule has 0 aromatic heterocycles. The van der Waals surface area contributed by atoms with Gasteiger partial charge in [-0.3, -0.25) is 9.69 Å². The normalized spacial score (nSPS) is 20.9. The second-order valence-electron chi connectivity index (χ2n) is 6.41. The standard InChI is InChI=1S/C17H22N2O4/c1-12-4-6-14(7-5-12)23-11-13(20)10-19-15(21)17(18-16(19)22)8-2-3-9-17/h4-7,13,20H,2-3,8-11H2,1H3,(H,18,22). The highest BCUT2D eigenvalue weighted by atomic mass is 16.5. The van der Waals surface area contributed by atoms with Crippen molar-refractivity contribution in [2.45, 2.75) is 44.2 Å². The fourth-order valence-corrected chi connectivity index (χ4v) is 3.25. The van der Waals surface area contributed by atoms with Gasteiger partial charge in [0.15, 0.2) is 0 Å². The lowest BCUT2D eigenvalue weighted by molar-refractivity contribution is -0.132. The van der Waals surface area contributed by atoms with Crippen molar-refractivity contribution in [3.05, 3.63) is 29.8 Å². The van der Waals surface area contributed by atoms with Gasteiger partial charge in [-0.1, -0.05) is 30.5 Å². The van der Waals surface area contributed by atoms with Gasteiger partial charge in [0.25, 0.3) is 5.91 Å². The van der Waals surface area contributed by atoms with E-state index in [0.29, 0.717) is 18.6 Å². The number of carbonyl (C=O) groups is 2. The minimum absolute atomic E-state index is 0.0348. The van der Waals surface area contributed by atoms with Gasteiger partial charge in [-0.2, -0.15) is 0 Å². The largest absolute Gasteiger partial charge is 0.491 e. The number of nitrogens with one attached hydrogen (secondary N) is 1. The molecule has 23 heavy (non-hydrogen) atoms. The van der Waals surface area contributed by atoms with Gasteiger partial charge in [0, 0.05) is 0 Å². The Hall–Kier alpha value is -2.08. The molecule has 3 amide bonds. The number of carbonyl (C=O) groups excluding carboxylic acids is 2. The Bertz CT molecular complexity index is 593. The Morgan fingerprint density at radius 2 is 1.91 bits per heavy atom. The maximum Gasteiger partial charge on any atom is 0.325 e. The molecule has 1 aliphatic heterocycles. The van der Waals surface area contributed by atoms with Gasteiger partial charge in [0.2, 0.25) is 0 Å². The number of amides is 3. The Labute approximate surface area is 135 Å². The molecule has 1 aromatic rings. The maximum absolute atomic E-state index is 12.5. The minimum Gasteiger partial charge on any atom is -0.491 e. The van der Waals surface area contributed by atoms with Gasteiger partial charge in [-0.15, -0.1) is 0 Å². The quantitative estimate of drug-likeness (QED) is 0.808. The Morgan fingerprint density at radius 3 is 2.57 bits per heavy atom. The summed E-state index contributed by atoms with van der Waals surface area (Å²) in [6, 6.07) is 7.07. The van der Waals surface area contributed by atoms with Crippen molar-refractivity contribution in [2.75, 3.05) is 13.2 Å². The highest BCUT2D eigenvalue weighted by Gasteiger charge is 2.52. The lowest BCUT2D eigenvalue weighted by Crippen LogP contribution is -2.45. The first-order chi connectivity index (χ1) is 11.0. The molecule has 6 nitrogen and oxygen atoms in total. The molecule has 1 unspecified atom stereocenters. The highest BCUT2D eigenvalue weighted by Crippen LogP contribution is 2.35. The van der Waals surface area contributed by atoms with Crippen LogP contribution in [0, 0.1) is 6.92 Å². The topological polar surface area (TPSA) is 78.9 Å². The summed E-state index contributed by atoms with van der Waals surface area (Å²) in [5.74, 6) is 0.438. The minimum atomic E-state index is -0.914. The van der Waals surface area contributed by atoms with Crippen LogP contribution in [0.25, 0.3) is 0 Å². The van der Waals surface area contributed by atoms with Gasteiger partial charge >= 0.3 is 6.03 Å². The maximum atomic E-state index is 12.5. The molecule has 2 fully saturated rings. The summed E-state index contributed by atoms with van der Waals surface area (Å²) in [7, 11) is 0. The number of nitrogens with zero attached hydrogens (tertiary/aromatic N) is 1. The first kappa shape index (κ1) is 15.8. The molecule has 6 heteroatoms. The average Bonchev–Trinajstić information content (AvgIpc) is 3.08. The summed E-state index contributed by atoms with van der Waals surface area (Å²) in [5, 5.41) is 12.9. The molecule has 1 atom stereocenters. The summed E-state index contributed by atoms with van der Waals surface area (Å²) in [6.07, 6.45) is 2.34. The Balaban J connectivity index is 1.55. The Morgan fingerprint density at radius 1 is 1.26 bits per heavy atom. The van der Waals surface area contributed by atoms with E-state index in [1.807, 2.05) is 31.2 Å². The zero-order valence-corrected chi connectivity index (χ0v) is 13.2. The number of hydrogen-bond donors (Lipinski definition) is 2. The van der Waals surface area contributed by atoms with Crippen molar-refractivity contribution in [1.29, 1.82) is 0 Å². The predicted molar refractivity (Wildman–Crippen MR) is 84.1 cm³/mol. The average molecular weight is 318 g/mol. The monoisotopic (exact) mass is 318 g/mol. The van der Waals surface area contributed by atoms with E-state index in [1.165, 1.54) is 0 Å². The fourth-order valence-electron chi connectivity index (χ4n) is 3.25. The summed E-state index contributed by atoms with van der Waals surface area (Å²) in [4.78, 5) is 25.6. The van der Waals surface area contributed by atoms with Crippen LogP contribution in [-0.4, -0.2) is 46.7 Å². The first-order valence-corrected chi connectivity index (χ1v) is 8.02. The number of aliphatic hydroxyl groups excluding tert-OH is 1. The van der Waals surface area contributed by atoms with Crippen LogP contribution in [0.3, 0.4) is 0 Å². The fraction of sp³-hybridized carbons (Fsp3) is 0.529. The van der Waals surface area contributed by atoms with E-state index in [1.54, 1.807) is 0 Å². The van der Waals surface area contributed by atoms with Crippen LogP contribution in [0.4, 0.5) is 4.79 Å². The van der Waals surface area contributed by atoms with Crippen LogP contribution in [0.2, 0.25) is 0 Å². The molecule has 2 N–H and O–H groups in total. The molecular weight excluding hydrogens is 296 g/mol.